The summed E-state index contributed by atoms with van der Waals surface area (Å²) < 4.78 is 18.8. The molecule has 0 radical (unpaired) electrons. The van der Waals surface area contributed by atoms with Crippen LogP contribution in [0.15, 0.2) is 81.1 Å². The third-order valence-electron chi connectivity index (χ3n) is 7.65. The van der Waals surface area contributed by atoms with Gasteiger partial charge >= 0.3 is 0 Å². The van der Waals surface area contributed by atoms with Crippen LogP contribution >= 0.6 is 27.5 Å². The molecule has 0 aliphatic rings. The first-order valence-electron chi connectivity index (χ1n) is 14.8. The lowest BCUT2D eigenvalue weighted by Crippen LogP contribution is -2.21. The number of aryl methyl sites for hydroxylation is 2. The average Bonchev–Trinajstić information content (AvgIpc) is 3.06. The molecule has 0 aliphatic carbocycles. The van der Waals surface area contributed by atoms with Crippen LogP contribution in [0, 0.1) is 13.8 Å². The Hall–Kier alpha value is -4.67. The van der Waals surface area contributed by atoms with Gasteiger partial charge in [-0.2, -0.15) is 9.78 Å². The number of para-hydroxylation sites is 2. The third-order valence-corrected chi connectivity index (χ3v) is 9.09. The van der Waals surface area contributed by atoms with Gasteiger partial charge in [0.2, 0.25) is 0 Å². The largest absolute Gasteiger partial charge is 0.496 e. The van der Waals surface area contributed by atoms with Gasteiger partial charge in [0.1, 0.15) is 10.8 Å². The molecule has 242 valence electrons. The minimum Gasteiger partial charge on any atom is -0.496 e. The summed E-state index contributed by atoms with van der Waals surface area (Å²) in [4.78, 5) is 31.4. The Balaban J connectivity index is 1.55. The highest BCUT2D eigenvalue weighted by atomic mass is 79.9. The predicted molar refractivity (Wildman–Crippen MR) is 191 cm³/mol. The summed E-state index contributed by atoms with van der Waals surface area (Å²) in [5.74, 6) is 1.40. The number of nitrogens with one attached hydrogen (secondary N) is 1. The number of halogens is 2. The Kier molecular flexibility index (Phi) is 10.3. The van der Waals surface area contributed by atoms with Crippen LogP contribution < -0.4 is 25.1 Å². The minimum atomic E-state index is -0.357. The van der Waals surface area contributed by atoms with Gasteiger partial charge in [0.05, 0.1) is 31.3 Å². The van der Waals surface area contributed by atoms with Crippen molar-refractivity contribution in [2.24, 2.45) is 5.10 Å². The molecule has 9 nitrogen and oxygen atoms in total. The van der Waals surface area contributed by atoms with Crippen LogP contribution in [0.4, 0.5) is 5.69 Å². The van der Waals surface area contributed by atoms with Crippen molar-refractivity contribution in [3.8, 4) is 28.6 Å². The second kappa shape index (κ2) is 14.4. The van der Waals surface area contributed by atoms with E-state index in [9.17, 15) is 9.59 Å². The number of ether oxygens (including phenoxy) is 3. The minimum absolute atomic E-state index is 0.160. The van der Waals surface area contributed by atoms with E-state index in [1.165, 1.54) is 18.0 Å². The van der Waals surface area contributed by atoms with Gasteiger partial charge in [0.15, 0.2) is 23.9 Å². The maximum atomic E-state index is 13.9. The van der Waals surface area contributed by atoms with Crippen molar-refractivity contribution >= 4 is 56.2 Å². The van der Waals surface area contributed by atoms with Crippen molar-refractivity contribution < 1.29 is 19.0 Å². The molecule has 4 aromatic carbocycles. The fourth-order valence-corrected chi connectivity index (χ4v) is 5.77. The molecule has 5 rings (SSSR count). The molecule has 0 fully saturated rings. The summed E-state index contributed by atoms with van der Waals surface area (Å²) in [6, 6.07) is 20.2. The number of fused-ring (bicyclic) bond motifs is 1. The van der Waals surface area contributed by atoms with Gasteiger partial charge in [-0.25, -0.2) is 4.98 Å². The quantitative estimate of drug-likeness (QED) is 0.146. The lowest BCUT2D eigenvalue weighted by Gasteiger charge is -2.17. The smallest absolute Gasteiger partial charge is 0.282 e. The molecule has 0 saturated heterocycles. The molecule has 47 heavy (non-hydrogen) atoms. The Bertz CT molecular complexity index is 2080. The first-order chi connectivity index (χ1) is 22.5. The first-order valence-corrected chi connectivity index (χ1v) is 16.0. The summed E-state index contributed by atoms with van der Waals surface area (Å²) in [5, 5.41) is 8.06. The maximum Gasteiger partial charge on any atom is 0.282 e. The van der Waals surface area contributed by atoms with Gasteiger partial charge < -0.3 is 19.5 Å². The lowest BCUT2D eigenvalue weighted by molar-refractivity contribution is -0.118. The second-order valence-electron chi connectivity index (χ2n) is 11.2. The monoisotopic (exact) mass is 716 g/mol. The SMILES string of the molecule is COc1cc(C)c(-c2nc3ccccc3c(=O)n2N=Cc2cc(OC)c(OCC(=O)Nc3ccccc3C)c(Cl)c2Br)cc1C(C)C. The van der Waals surface area contributed by atoms with E-state index in [1.807, 2.05) is 56.3 Å². The molecule has 11 heteroatoms. The normalized spacial score (nSPS) is 11.3. The van der Waals surface area contributed by atoms with Crippen LogP contribution in [-0.4, -0.2) is 42.6 Å². The van der Waals surface area contributed by atoms with Gasteiger partial charge in [0.25, 0.3) is 11.5 Å². The molecular weight excluding hydrogens is 684 g/mol. The fraction of sp³-hybridized carbons (Fsp3) is 0.222. The number of carbonyl (C=O) groups excluding carboxylic acids is 1. The third kappa shape index (κ3) is 7.03. The summed E-state index contributed by atoms with van der Waals surface area (Å²) in [6.07, 6.45) is 1.50. The van der Waals surface area contributed by atoms with Gasteiger partial charge in [-0.3, -0.25) is 9.59 Å². The zero-order valence-electron chi connectivity index (χ0n) is 26.9. The summed E-state index contributed by atoms with van der Waals surface area (Å²) in [5.41, 5.74) is 4.94. The van der Waals surface area contributed by atoms with Crippen molar-refractivity contribution in [3.63, 3.8) is 0 Å². The summed E-state index contributed by atoms with van der Waals surface area (Å²) in [7, 11) is 3.11. The maximum absolute atomic E-state index is 13.9. The van der Waals surface area contributed by atoms with E-state index in [0.29, 0.717) is 32.5 Å². The van der Waals surface area contributed by atoms with E-state index in [4.69, 9.17) is 30.8 Å². The van der Waals surface area contributed by atoms with E-state index >= 15 is 0 Å². The molecule has 0 saturated carbocycles. The molecule has 1 heterocycles. The molecule has 0 spiro atoms. The van der Waals surface area contributed by atoms with Crippen LogP contribution in [0.1, 0.15) is 42.0 Å². The van der Waals surface area contributed by atoms with Crippen LogP contribution in [-0.2, 0) is 4.79 Å². The molecule has 0 aliphatic heterocycles. The highest BCUT2D eigenvalue weighted by Gasteiger charge is 2.21. The predicted octanol–water partition coefficient (Wildman–Crippen LogP) is 8.14. The van der Waals surface area contributed by atoms with Gasteiger partial charge in [-0.05, 0) is 88.8 Å². The lowest BCUT2D eigenvalue weighted by atomic mass is 9.96. The topological polar surface area (TPSA) is 104 Å². The average molecular weight is 718 g/mol. The van der Waals surface area contributed by atoms with E-state index < -0.39 is 0 Å². The zero-order valence-corrected chi connectivity index (χ0v) is 29.2. The zero-order chi connectivity index (χ0) is 33.8. The number of hydrogen-bond acceptors (Lipinski definition) is 7. The number of rotatable bonds is 10. The van der Waals surface area contributed by atoms with Crippen LogP contribution in [0.3, 0.4) is 0 Å². The fourth-order valence-electron chi connectivity index (χ4n) is 5.11. The molecule has 1 N–H and O–H groups in total. The molecule has 5 aromatic rings. The van der Waals surface area contributed by atoms with Gasteiger partial charge in [-0.1, -0.05) is 55.8 Å². The van der Waals surface area contributed by atoms with Crippen molar-refractivity contribution in [1.29, 1.82) is 0 Å². The van der Waals surface area contributed by atoms with E-state index in [1.54, 1.807) is 31.4 Å². The van der Waals surface area contributed by atoms with Crippen molar-refractivity contribution in [3.05, 3.63) is 109 Å². The molecule has 1 aromatic heterocycles. The van der Waals surface area contributed by atoms with E-state index in [2.05, 4.69) is 40.2 Å². The number of amides is 1. The number of nitrogens with zero attached hydrogens (tertiary/aromatic N) is 3. The molecule has 0 bridgehead atoms. The standard InChI is InChI=1S/C36H34BrClN4O5/c1-20(2)25-17-26(22(4)15-29(25)45-5)35-41-28-14-10-8-12-24(28)36(44)42(35)39-18-23-16-30(46-6)34(33(38)32(23)37)47-19-31(43)40-27-13-9-7-11-21(27)3/h7-18,20H,19H2,1-6H3,(H,40,43). The second-order valence-corrected chi connectivity index (χ2v) is 12.3. The van der Waals surface area contributed by atoms with Crippen LogP contribution in [0.5, 0.6) is 17.2 Å². The number of benzene rings is 4. The number of carbonyl (C=O) groups is 1. The Morgan fingerprint density at radius 2 is 1.72 bits per heavy atom. The number of methoxy groups -OCH3 is 2. The molecule has 0 atom stereocenters. The summed E-state index contributed by atoms with van der Waals surface area (Å²) >= 11 is 10.3. The van der Waals surface area contributed by atoms with Gasteiger partial charge in [0, 0.05) is 21.3 Å². The molecular formula is C36H34BrClN4O5. The van der Waals surface area contributed by atoms with Crippen LogP contribution in [0.2, 0.25) is 5.02 Å². The highest BCUT2D eigenvalue weighted by molar-refractivity contribution is 9.10. The number of anilines is 1. The number of hydrogen-bond donors (Lipinski definition) is 1. The highest BCUT2D eigenvalue weighted by Crippen LogP contribution is 2.42. The van der Waals surface area contributed by atoms with Gasteiger partial charge in [-0.15, -0.1) is 0 Å². The molecule has 0 unspecified atom stereocenters. The van der Waals surface area contributed by atoms with Crippen molar-refractivity contribution in [1.82, 2.24) is 9.66 Å². The van der Waals surface area contributed by atoms with Crippen LogP contribution in [0.25, 0.3) is 22.3 Å². The Morgan fingerprint density at radius 3 is 2.43 bits per heavy atom. The Labute approximate surface area is 286 Å². The first kappa shape index (κ1) is 33.7. The molecule has 1 amide bonds. The van der Waals surface area contributed by atoms with E-state index in [-0.39, 0.29) is 40.5 Å². The Morgan fingerprint density at radius 1 is 1.02 bits per heavy atom. The van der Waals surface area contributed by atoms with Crippen molar-refractivity contribution in [2.45, 2.75) is 33.6 Å². The van der Waals surface area contributed by atoms with E-state index in [0.717, 1.165) is 28.0 Å². The van der Waals surface area contributed by atoms with Crippen molar-refractivity contribution in [2.75, 3.05) is 26.1 Å². The number of aromatic nitrogens is 2. The summed E-state index contributed by atoms with van der Waals surface area (Å²) in [6.45, 7) is 7.70.